The molecule has 3 rings (SSSR count). The fraction of sp³-hybridized carbons (Fsp3) is 0.310. The Balaban J connectivity index is 2.08. The number of carbonyl (C=O) groups is 2. The van der Waals surface area contributed by atoms with Crippen molar-refractivity contribution in [1.82, 2.24) is 10.2 Å². The minimum atomic E-state index is -4.20. The fourth-order valence-corrected chi connectivity index (χ4v) is 6.01. The van der Waals surface area contributed by atoms with Crippen molar-refractivity contribution in [2.24, 2.45) is 0 Å². The summed E-state index contributed by atoms with van der Waals surface area (Å²) in [5.41, 5.74) is 1.40. The first-order valence-corrected chi connectivity index (χ1v) is 15.3. The molecule has 0 bridgehead atoms. The Morgan fingerprint density at radius 2 is 1.52 bits per heavy atom. The van der Waals surface area contributed by atoms with Gasteiger partial charge in [-0.25, -0.2) is 8.42 Å². The van der Waals surface area contributed by atoms with Crippen LogP contribution in [-0.4, -0.2) is 43.8 Å². The number of halogens is 3. The zero-order chi connectivity index (χ0) is 29.6. The van der Waals surface area contributed by atoms with Crippen LogP contribution in [0.3, 0.4) is 0 Å². The van der Waals surface area contributed by atoms with Crippen molar-refractivity contribution in [3.63, 3.8) is 0 Å². The number of aryl methyl sites for hydroxylation is 1. The SMILES string of the molecule is CCC(C)NC(=O)C(C)N(Cc1c(Cl)cccc1Cl)C(=O)CN(c1ccc(C)c(Cl)c1)S(=O)(=O)c1ccccc1. The van der Waals surface area contributed by atoms with Gasteiger partial charge >= 0.3 is 0 Å². The molecule has 1 N–H and O–H groups in total. The number of nitrogens with zero attached hydrogens (tertiary/aromatic N) is 2. The van der Waals surface area contributed by atoms with Crippen molar-refractivity contribution in [2.45, 2.75) is 57.6 Å². The van der Waals surface area contributed by atoms with Crippen LogP contribution in [0, 0.1) is 6.92 Å². The summed E-state index contributed by atoms with van der Waals surface area (Å²) in [5, 5.41) is 3.87. The van der Waals surface area contributed by atoms with Crippen molar-refractivity contribution in [2.75, 3.05) is 10.8 Å². The molecule has 2 unspecified atom stereocenters. The van der Waals surface area contributed by atoms with E-state index in [0.29, 0.717) is 27.1 Å². The van der Waals surface area contributed by atoms with Gasteiger partial charge in [-0.2, -0.15) is 0 Å². The standard InChI is InChI=1S/C29H32Cl3N3O4S/c1-5-20(3)33-29(37)21(4)34(17-24-25(30)12-9-13-26(24)31)28(36)18-35(22-15-14-19(2)27(32)16-22)40(38,39)23-10-7-6-8-11-23/h6-16,20-21H,5,17-18H2,1-4H3,(H,33,37). The molecule has 0 aromatic heterocycles. The zero-order valence-electron chi connectivity index (χ0n) is 22.7. The first-order valence-electron chi connectivity index (χ1n) is 12.7. The number of amides is 2. The maximum atomic E-state index is 14.0. The van der Waals surface area contributed by atoms with Crippen LogP contribution in [0.2, 0.25) is 15.1 Å². The first-order chi connectivity index (χ1) is 18.9. The number of hydrogen-bond donors (Lipinski definition) is 1. The second kappa shape index (κ2) is 13.7. The van der Waals surface area contributed by atoms with E-state index < -0.39 is 28.5 Å². The number of sulfonamides is 1. The smallest absolute Gasteiger partial charge is 0.264 e. The highest BCUT2D eigenvalue weighted by Gasteiger charge is 2.33. The van der Waals surface area contributed by atoms with Crippen molar-refractivity contribution < 1.29 is 18.0 Å². The van der Waals surface area contributed by atoms with E-state index in [1.165, 1.54) is 23.1 Å². The molecule has 7 nitrogen and oxygen atoms in total. The van der Waals surface area contributed by atoms with Crippen LogP contribution in [-0.2, 0) is 26.2 Å². The summed E-state index contributed by atoms with van der Waals surface area (Å²) < 4.78 is 28.7. The Morgan fingerprint density at radius 1 is 0.900 bits per heavy atom. The molecule has 0 fully saturated rings. The third-order valence-corrected chi connectivity index (χ3v) is 9.52. The van der Waals surface area contributed by atoms with E-state index in [-0.39, 0.29) is 29.1 Å². The molecule has 0 radical (unpaired) electrons. The lowest BCUT2D eigenvalue weighted by atomic mass is 10.1. The van der Waals surface area contributed by atoms with Gasteiger partial charge in [0.15, 0.2) is 0 Å². The number of hydrogen-bond acceptors (Lipinski definition) is 4. The summed E-state index contributed by atoms with van der Waals surface area (Å²) in [6, 6.07) is 16.4. The predicted molar refractivity (Wildman–Crippen MR) is 162 cm³/mol. The summed E-state index contributed by atoms with van der Waals surface area (Å²) in [6.07, 6.45) is 0.694. The number of benzene rings is 3. The summed E-state index contributed by atoms with van der Waals surface area (Å²) in [4.78, 5) is 28.4. The van der Waals surface area contributed by atoms with Crippen molar-refractivity contribution in [1.29, 1.82) is 0 Å². The molecule has 11 heteroatoms. The van der Waals surface area contributed by atoms with Crippen molar-refractivity contribution in [3.8, 4) is 0 Å². The van der Waals surface area contributed by atoms with E-state index in [2.05, 4.69) is 5.32 Å². The summed E-state index contributed by atoms with van der Waals surface area (Å²) in [7, 11) is -4.20. The molecule has 2 amide bonds. The van der Waals surface area contributed by atoms with E-state index in [1.54, 1.807) is 62.4 Å². The van der Waals surface area contributed by atoms with Gasteiger partial charge < -0.3 is 10.2 Å². The Morgan fingerprint density at radius 3 is 2.10 bits per heavy atom. The van der Waals surface area contributed by atoms with Crippen LogP contribution in [0.25, 0.3) is 0 Å². The van der Waals surface area contributed by atoms with Gasteiger partial charge in [0.05, 0.1) is 10.6 Å². The maximum absolute atomic E-state index is 14.0. The van der Waals surface area contributed by atoms with E-state index in [4.69, 9.17) is 34.8 Å². The summed E-state index contributed by atoms with van der Waals surface area (Å²) in [6.45, 7) is 6.46. The predicted octanol–water partition coefficient (Wildman–Crippen LogP) is 6.48. The Labute approximate surface area is 251 Å². The Kier molecular flexibility index (Phi) is 10.9. The molecule has 0 aliphatic carbocycles. The van der Waals surface area contributed by atoms with Gasteiger partial charge in [0.2, 0.25) is 11.8 Å². The molecule has 0 saturated heterocycles. The topological polar surface area (TPSA) is 86.8 Å². The molecule has 2 atom stereocenters. The molecule has 0 saturated carbocycles. The summed E-state index contributed by atoms with van der Waals surface area (Å²) in [5.74, 6) is -1.01. The summed E-state index contributed by atoms with van der Waals surface area (Å²) >= 11 is 19.2. The lowest BCUT2D eigenvalue weighted by Crippen LogP contribution is -2.52. The van der Waals surface area contributed by atoms with Gasteiger partial charge in [0.25, 0.3) is 10.0 Å². The van der Waals surface area contributed by atoms with E-state index in [0.717, 1.165) is 9.87 Å². The molecule has 3 aromatic carbocycles. The molecule has 0 aliphatic rings. The van der Waals surface area contributed by atoms with Gasteiger partial charge in [0.1, 0.15) is 12.6 Å². The largest absolute Gasteiger partial charge is 0.352 e. The Hall–Kier alpha value is -2.78. The fourth-order valence-electron chi connectivity index (χ4n) is 3.89. The van der Waals surface area contributed by atoms with Gasteiger partial charge in [-0.1, -0.05) is 72.1 Å². The monoisotopic (exact) mass is 623 g/mol. The second-order valence-corrected chi connectivity index (χ2v) is 12.6. The highest BCUT2D eigenvalue weighted by molar-refractivity contribution is 7.92. The minimum Gasteiger partial charge on any atom is -0.352 e. The quantitative estimate of drug-likeness (QED) is 0.265. The van der Waals surface area contributed by atoms with Crippen LogP contribution >= 0.6 is 34.8 Å². The molecule has 214 valence electrons. The molecular weight excluding hydrogens is 593 g/mol. The van der Waals surface area contributed by atoms with Gasteiger partial charge in [0, 0.05) is 33.2 Å². The number of anilines is 1. The lowest BCUT2D eigenvalue weighted by molar-refractivity contribution is -0.139. The Bertz CT molecular complexity index is 1450. The highest BCUT2D eigenvalue weighted by atomic mass is 35.5. The van der Waals surface area contributed by atoms with Crippen molar-refractivity contribution in [3.05, 3.63) is 92.9 Å². The molecule has 0 spiro atoms. The van der Waals surface area contributed by atoms with E-state index in [1.807, 2.05) is 13.8 Å². The molecule has 0 heterocycles. The lowest BCUT2D eigenvalue weighted by Gasteiger charge is -2.33. The van der Waals surface area contributed by atoms with Crippen LogP contribution in [0.1, 0.15) is 38.3 Å². The third-order valence-electron chi connectivity index (χ3n) is 6.61. The minimum absolute atomic E-state index is 0.00255. The zero-order valence-corrected chi connectivity index (χ0v) is 25.8. The van der Waals surface area contributed by atoms with Gasteiger partial charge in [-0.05, 0) is 69.2 Å². The second-order valence-electron chi connectivity index (χ2n) is 9.47. The first kappa shape index (κ1) is 31.7. The van der Waals surface area contributed by atoms with Gasteiger partial charge in [-0.3, -0.25) is 13.9 Å². The molecular formula is C29H32Cl3N3O4S. The molecule has 40 heavy (non-hydrogen) atoms. The van der Waals surface area contributed by atoms with Crippen LogP contribution in [0.4, 0.5) is 5.69 Å². The van der Waals surface area contributed by atoms with E-state index in [9.17, 15) is 18.0 Å². The van der Waals surface area contributed by atoms with E-state index >= 15 is 0 Å². The number of rotatable bonds is 11. The van der Waals surface area contributed by atoms with Crippen LogP contribution in [0.15, 0.2) is 71.6 Å². The number of carbonyl (C=O) groups excluding carboxylic acids is 2. The number of nitrogens with one attached hydrogen (secondary N) is 1. The highest BCUT2D eigenvalue weighted by Crippen LogP contribution is 2.30. The average Bonchev–Trinajstić information content (AvgIpc) is 2.93. The normalized spacial score (nSPS) is 12.9. The average molecular weight is 625 g/mol. The van der Waals surface area contributed by atoms with Crippen molar-refractivity contribution >= 4 is 62.3 Å². The van der Waals surface area contributed by atoms with Gasteiger partial charge in [-0.15, -0.1) is 0 Å². The van der Waals surface area contributed by atoms with Crippen LogP contribution in [0.5, 0.6) is 0 Å². The molecule has 0 aliphatic heterocycles. The molecule has 3 aromatic rings. The third kappa shape index (κ3) is 7.49. The maximum Gasteiger partial charge on any atom is 0.264 e. The van der Waals surface area contributed by atoms with Crippen LogP contribution < -0.4 is 9.62 Å².